The molecule has 1 N–H and O–H groups in total. The van der Waals surface area contributed by atoms with Gasteiger partial charge in [0.2, 0.25) is 0 Å². The SMILES string of the molecule is CCc1cccc2c1CC[C@H](C)N2. The van der Waals surface area contributed by atoms with Crippen LogP contribution in [0, 0.1) is 0 Å². The first-order valence-corrected chi connectivity index (χ1v) is 5.18. The van der Waals surface area contributed by atoms with E-state index in [1.54, 1.807) is 5.56 Å². The summed E-state index contributed by atoms with van der Waals surface area (Å²) in [7, 11) is 0. The third kappa shape index (κ3) is 1.55. The molecule has 0 bridgehead atoms. The van der Waals surface area contributed by atoms with Gasteiger partial charge in [0, 0.05) is 11.7 Å². The van der Waals surface area contributed by atoms with Crippen molar-refractivity contribution in [2.75, 3.05) is 5.32 Å². The third-order valence-electron chi connectivity index (χ3n) is 2.88. The summed E-state index contributed by atoms with van der Waals surface area (Å²) >= 11 is 0. The van der Waals surface area contributed by atoms with E-state index in [-0.39, 0.29) is 0 Å². The number of nitrogens with one attached hydrogen (secondary N) is 1. The Labute approximate surface area is 80.2 Å². The molecule has 1 aromatic rings. The van der Waals surface area contributed by atoms with Gasteiger partial charge in [0.05, 0.1) is 0 Å². The van der Waals surface area contributed by atoms with Crippen molar-refractivity contribution in [2.45, 2.75) is 39.2 Å². The topological polar surface area (TPSA) is 12.0 Å². The van der Waals surface area contributed by atoms with Gasteiger partial charge in [-0.25, -0.2) is 0 Å². The highest BCUT2D eigenvalue weighted by Gasteiger charge is 2.15. The highest BCUT2D eigenvalue weighted by Crippen LogP contribution is 2.27. The first-order chi connectivity index (χ1) is 6.31. The zero-order chi connectivity index (χ0) is 9.26. The summed E-state index contributed by atoms with van der Waals surface area (Å²) in [6.45, 7) is 4.48. The second-order valence-corrected chi connectivity index (χ2v) is 3.88. The van der Waals surface area contributed by atoms with Crippen LogP contribution in [-0.2, 0) is 12.8 Å². The summed E-state index contributed by atoms with van der Waals surface area (Å²) in [4.78, 5) is 0. The molecular formula is C12H17N. The lowest BCUT2D eigenvalue weighted by Gasteiger charge is -2.25. The molecule has 1 heterocycles. The van der Waals surface area contributed by atoms with Gasteiger partial charge in [-0.1, -0.05) is 19.1 Å². The van der Waals surface area contributed by atoms with Gasteiger partial charge >= 0.3 is 0 Å². The minimum atomic E-state index is 0.639. The lowest BCUT2D eigenvalue weighted by Crippen LogP contribution is -2.22. The molecular weight excluding hydrogens is 158 g/mol. The van der Waals surface area contributed by atoms with Crippen molar-refractivity contribution >= 4 is 5.69 Å². The summed E-state index contributed by atoms with van der Waals surface area (Å²) in [5.41, 5.74) is 4.41. The Bertz CT molecular complexity index is 304. The van der Waals surface area contributed by atoms with E-state index >= 15 is 0 Å². The molecule has 0 saturated carbocycles. The van der Waals surface area contributed by atoms with Gasteiger partial charge in [-0.3, -0.25) is 0 Å². The number of anilines is 1. The van der Waals surface area contributed by atoms with Crippen molar-refractivity contribution in [1.29, 1.82) is 0 Å². The maximum absolute atomic E-state index is 3.53. The summed E-state index contributed by atoms with van der Waals surface area (Å²) in [6, 6.07) is 7.24. The molecule has 1 aromatic carbocycles. The fourth-order valence-electron chi connectivity index (χ4n) is 2.09. The minimum Gasteiger partial charge on any atom is -0.382 e. The molecule has 0 fully saturated rings. The van der Waals surface area contributed by atoms with E-state index in [0.29, 0.717) is 6.04 Å². The maximum Gasteiger partial charge on any atom is 0.0377 e. The van der Waals surface area contributed by atoms with Gasteiger partial charge in [0.1, 0.15) is 0 Å². The van der Waals surface area contributed by atoms with Crippen LogP contribution in [-0.4, -0.2) is 6.04 Å². The number of fused-ring (bicyclic) bond motifs is 1. The molecule has 0 aromatic heterocycles. The highest BCUT2D eigenvalue weighted by molar-refractivity contribution is 5.57. The third-order valence-corrected chi connectivity index (χ3v) is 2.88. The van der Waals surface area contributed by atoms with Crippen molar-refractivity contribution in [3.05, 3.63) is 29.3 Å². The molecule has 1 aliphatic heterocycles. The van der Waals surface area contributed by atoms with Crippen LogP contribution in [0.25, 0.3) is 0 Å². The summed E-state index contributed by atoms with van der Waals surface area (Å²) in [5, 5.41) is 3.53. The standard InChI is InChI=1S/C12H17N/c1-3-10-5-4-6-12-11(10)8-7-9(2)13-12/h4-6,9,13H,3,7-8H2,1-2H3/t9-/m0/s1. The average molecular weight is 175 g/mol. The molecule has 0 unspecified atom stereocenters. The average Bonchev–Trinajstić information content (AvgIpc) is 2.16. The fourth-order valence-corrected chi connectivity index (χ4v) is 2.09. The Kier molecular flexibility index (Phi) is 2.26. The smallest absolute Gasteiger partial charge is 0.0377 e. The highest BCUT2D eigenvalue weighted by atomic mass is 14.9. The molecule has 13 heavy (non-hydrogen) atoms. The lowest BCUT2D eigenvalue weighted by molar-refractivity contribution is 0.676. The first-order valence-electron chi connectivity index (χ1n) is 5.18. The van der Waals surface area contributed by atoms with Crippen molar-refractivity contribution in [3.8, 4) is 0 Å². The molecule has 1 aliphatic rings. The van der Waals surface area contributed by atoms with E-state index in [1.807, 2.05) is 0 Å². The van der Waals surface area contributed by atoms with Crippen molar-refractivity contribution in [1.82, 2.24) is 0 Å². The van der Waals surface area contributed by atoms with Crippen LogP contribution < -0.4 is 5.32 Å². The van der Waals surface area contributed by atoms with Gasteiger partial charge in [-0.2, -0.15) is 0 Å². The number of hydrogen-bond acceptors (Lipinski definition) is 1. The number of rotatable bonds is 1. The van der Waals surface area contributed by atoms with Crippen LogP contribution in [0.5, 0.6) is 0 Å². The quantitative estimate of drug-likeness (QED) is 0.692. The Morgan fingerprint density at radius 2 is 2.31 bits per heavy atom. The predicted octanol–water partition coefficient (Wildman–Crippen LogP) is 3.00. The van der Waals surface area contributed by atoms with Gasteiger partial charge in [-0.05, 0) is 43.4 Å². The molecule has 1 heteroatoms. The van der Waals surface area contributed by atoms with Crippen LogP contribution in [0.15, 0.2) is 18.2 Å². The number of hydrogen-bond donors (Lipinski definition) is 1. The lowest BCUT2D eigenvalue weighted by atomic mass is 9.93. The van der Waals surface area contributed by atoms with Crippen molar-refractivity contribution in [2.24, 2.45) is 0 Å². The maximum atomic E-state index is 3.53. The van der Waals surface area contributed by atoms with Crippen LogP contribution in [0.4, 0.5) is 5.69 Å². The van der Waals surface area contributed by atoms with E-state index < -0.39 is 0 Å². The summed E-state index contributed by atoms with van der Waals surface area (Å²) in [6.07, 6.45) is 3.66. The monoisotopic (exact) mass is 175 g/mol. The van der Waals surface area contributed by atoms with E-state index in [4.69, 9.17) is 0 Å². The molecule has 0 aliphatic carbocycles. The summed E-state index contributed by atoms with van der Waals surface area (Å²) < 4.78 is 0. The Morgan fingerprint density at radius 3 is 3.08 bits per heavy atom. The van der Waals surface area contributed by atoms with Gasteiger partial charge in [0.25, 0.3) is 0 Å². The van der Waals surface area contributed by atoms with E-state index in [1.165, 1.54) is 24.1 Å². The van der Waals surface area contributed by atoms with Crippen LogP contribution in [0.2, 0.25) is 0 Å². The molecule has 0 saturated heterocycles. The van der Waals surface area contributed by atoms with Crippen LogP contribution in [0.3, 0.4) is 0 Å². The normalized spacial score (nSPS) is 20.6. The van der Waals surface area contributed by atoms with Crippen LogP contribution >= 0.6 is 0 Å². The predicted molar refractivity (Wildman–Crippen MR) is 57.2 cm³/mol. The second kappa shape index (κ2) is 3.41. The van der Waals surface area contributed by atoms with E-state index in [9.17, 15) is 0 Å². The molecule has 70 valence electrons. The molecule has 1 atom stereocenters. The zero-order valence-electron chi connectivity index (χ0n) is 8.43. The van der Waals surface area contributed by atoms with Crippen molar-refractivity contribution < 1.29 is 0 Å². The molecule has 0 amide bonds. The molecule has 0 spiro atoms. The fraction of sp³-hybridized carbons (Fsp3) is 0.500. The van der Waals surface area contributed by atoms with E-state index in [0.717, 1.165) is 6.42 Å². The van der Waals surface area contributed by atoms with E-state index in [2.05, 4.69) is 37.4 Å². The number of aryl methyl sites for hydroxylation is 1. The summed E-state index contributed by atoms with van der Waals surface area (Å²) in [5.74, 6) is 0. The minimum absolute atomic E-state index is 0.639. The second-order valence-electron chi connectivity index (χ2n) is 3.88. The zero-order valence-corrected chi connectivity index (χ0v) is 8.43. The number of benzene rings is 1. The molecule has 0 radical (unpaired) electrons. The van der Waals surface area contributed by atoms with Gasteiger partial charge < -0.3 is 5.32 Å². The molecule has 2 rings (SSSR count). The van der Waals surface area contributed by atoms with Crippen LogP contribution in [0.1, 0.15) is 31.4 Å². The largest absolute Gasteiger partial charge is 0.382 e. The van der Waals surface area contributed by atoms with Gasteiger partial charge in [0.15, 0.2) is 0 Å². The molecule has 1 nitrogen and oxygen atoms in total. The Balaban J connectivity index is 2.39. The van der Waals surface area contributed by atoms with Crippen molar-refractivity contribution in [3.63, 3.8) is 0 Å². The van der Waals surface area contributed by atoms with Gasteiger partial charge in [-0.15, -0.1) is 0 Å². The Morgan fingerprint density at radius 1 is 1.46 bits per heavy atom. The first kappa shape index (κ1) is 8.61. The Hall–Kier alpha value is -0.980.